The number of carboxylic acids is 1. The van der Waals surface area contributed by atoms with E-state index in [0.29, 0.717) is 11.0 Å². The van der Waals surface area contributed by atoms with Crippen LogP contribution in [-0.2, 0) is 4.79 Å². The normalized spacial score (nSPS) is 12.7. The summed E-state index contributed by atoms with van der Waals surface area (Å²) in [4.78, 5) is 10.6. The number of halogens is 1. The fourth-order valence-electron chi connectivity index (χ4n) is 2.89. The van der Waals surface area contributed by atoms with Crippen LogP contribution >= 0.6 is 0 Å². The molecule has 132 valence electrons. The van der Waals surface area contributed by atoms with E-state index in [1.54, 1.807) is 0 Å². The molecule has 0 spiro atoms. The Bertz CT molecular complexity index is 261. The molecule has 0 amide bonds. The summed E-state index contributed by atoms with van der Waals surface area (Å²) < 4.78 is 13.6. The molecular weight excluding hydrogens is 281 g/mol. The maximum absolute atomic E-state index is 13.6. The number of unbranched alkanes of at least 4 members (excludes halogenated alkanes) is 8. The van der Waals surface area contributed by atoms with E-state index in [0.717, 1.165) is 25.7 Å². The maximum atomic E-state index is 13.6. The van der Waals surface area contributed by atoms with Crippen molar-refractivity contribution >= 4 is 5.97 Å². The van der Waals surface area contributed by atoms with Crippen LogP contribution in [0, 0.1) is 5.92 Å². The van der Waals surface area contributed by atoms with Gasteiger partial charge in [0.1, 0.15) is 6.54 Å². The Morgan fingerprint density at radius 1 is 0.909 bits per heavy atom. The lowest BCUT2D eigenvalue weighted by molar-refractivity contribution is -0.143. The Morgan fingerprint density at radius 2 is 1.36 bits per heavy atom. The molecule has 0 heterocycles. The fraction of sp³-hybridized carbons (Fsp3) is 0.944. The molecule has 0 aromatic carbocycles. The average molecular weight is 317 g/mol. The third-order valence-electron chi connectivity index (χ3n) is 4.19. The quantitative estimate of drug-likeness (QED) is 0.298. The van der Waals surface area contributed by atoms with Gasteiger partial charge in [-0.15, -0.1) is 9.60 Å². The number of hydrogen-bond acceptors (Lipinski definition) is 2. The molecule has 1 atom stereocenters. The molecule has 0 fully saturated rings. The number of carbonyl (C=O) groups is 1. The van der Waals surface area contributed by atoms with E-state index in [1.165, 1.54) is 51.4 Å². The molecule has 0 saturated carbocycles. The Kier molecular flexibility index (Phi) is 14.8. The molecular formula is C18H36FNO2. The number of hydrogen-bond donors (Lipinski definition) is 1. The highest BCUT2D eigenvalue weighted by atomic mass is 19.2. The van der Waals surface area contributed by atoms with Gasteiger partial charge in [-0.05, 0) is 18.8 Å². The van der Waals surface area contributed by atoms with Gasteiger partial charge >= 0.3 is 5.97 Å². The van der Waals surface area contributed by atoms with Gasteiger partial charge in [0.25, 0.3) is 0 Å². The van der Waals surface area contributed by atoms with Crippen molar-refractivity contribution in [2.75, 3.05) is 13.1 Å². The summed E-state index contributed by atoms with van der Waals surface area (Å²) >= 11 is 0. The van der Waals surface area contributed by atoms with Crippen LogP contribution < -0.4 is 0 Å². The third kappa shape index (κ3) is 14.3. The minimum absolute atomic E-state index is 0.271. The first-order chi connectivity index (χ1) is 10.6. The highest BCUT2D eigenvalue weighted by Crippen LogP contribution is 2.20. The first-order valence-electron chi connectivity index (χ1n) is 9.22. The molecule has 1 N–H and O–H groups in total. The van der Waals surface area contributed by atoms with Crippen molar-refractivity contribution in [2.45, 2.75) is 90.9 Å². The van der Waals surface area contributed by atoms with Crippen molar-refractivity contribution in [3.63, 3.8) is 0 Å². The monoisotopic (exact) mass is 317 g/mol. The number of rotatable bonds is 16. The molecule has 0 bridgehead atoms. The van der Waals surface area contributed by atoms with Crippen molar-refractivity contribution < 1.29 is 14.4 Å². The van der Waals surface area contributed by atoms with E-state index in [9.17, 15) is 9.28 Å². The summed E-state index contributed by atoms with van der Waals surface area (Å²) in [5.74, 6) is -0.792. The van der Waals surface area contributed by atoms with Crippen molar-refractivity contribution in [3.8, 4) is 0 Å². The molecule has 0 aromatic rings. The first-order valence-corrected chi connectivity index (χ1v) is 9.22. The summed E-state index contributed by atoms with van der Waals surface area (Å²) in [6.45, 7) is 4.17. The second-order valence-corrected chi connectivity index (χ2v) is 6.47. The Hall–Kier alpha value is -0.640. The van der Waals surface area contributed by atoms with Gasteiger partial charge in [-0.1, -0.05) is 78.1 Å². The molecule has 22 heavy (non-hydrogen) atoms. The van der Waals surface area contributed by atoms with E-state index in [4.69, 9.17) is 5.11 Å². The highest BCUT2D eigenvalue weighted by Gasteiger charge is 2.16. The Labute approximate surface area is 136 Å². The highest BCUT2D eigenvalue weighted by molar-refractivity contribution is 5.68. The Balaban J connectivity index is 3.96. The molecule has 1 unspecified atom stereocenters. The third-order valence-corrected chi connectivity index (χ3v) is 4.19. The molecule has 0 aromatic heterocycles. The minimum atomic E-state index is -1.09. The smallest absolute Gasteiger partial charge is 0.320 e. The van der Waals surface area contributed by atoms with Gasteiger partial charge in [0.2, 0.25) is 0 Å². The summed E-state index contributed by atoms with van der Waals surface area (Å²) in [5.41, 5.74) is 0. The van der Waals surface area contributed by atoms with E-state index < -0.39 is 12.5 Å². The molecule has 0 rings (SSSR count). The van der Waals surface area contributed by atoms with Crippen LogP contribution in [0.3, 0.4) is 0 Å². The molecule has 3 nitrogen and oxygen atoms in total. The van der Waals surface area contributed by atoms with Crippen molar-refractivity contribution in [2.24, 2.45) is 5.92 Å². The van der Waals surface area contributed by atoms with Crippen LogP contribution in [0.2, 0.25) is 0 Å². The van der Waals surface area contributed by atoms with E-state index >= 15 is 0 Å². The van der Waals surface area contributed by atoms with Gasteiger partial charge in [0, 0.05) is 6.54 Å². The Morgan fingerprint density at radius 3 is 1.86 bits per heavy atom. The zero-order valence-electron chi connectivity index (χ0n) is 14.7. The number of carboxylic acid groups (broad SMARTS) is 1. The van der Waals surface area contributed by atoms with E-state index in [2.05, 4.69) is 13.8 Å². The van der Waals surface area contributed by atoms with Crippen LogP contribution in [0.25, 0.3) is 0 Å². The molecule has 0 aliphatic rings. The second-order valence-electron chi connectivity index (χ2n) is 6.47. The fourth-order valence-corrected chi connectivity index (χ4v) is 2.89. The largest absolute Gasteiger partial charge is 0.480 e. The summed E-state index contributed by atoms with van der Waals surface area (Å²) in [6, 6.07) is 0. The first kappa shape index (κ1) is 21.4. The zero-order valence-corrected chi connectivity index (χ0v) is 14.7. The van der Waals surface area contributed by atoms with Gasteiger partial charge < -0.3 is 5.11 Å². The summed E-state index contributed by atoms with van der Waals surface area (Å²) in [6.07, 6.45) is 14.3. The van der Waals surface area contributed by atoms with E-state index in [1.807, 2.05) is 0 Å². The van der Waals surface area contributed by atoms with Crippen LogP contribution in [0.4, 0.5) is 4.48 Å². The molecule has 0 radical (unpaired) electrons. The summed E-state index contributed by atoms with van der Waals surface area (Å²) in [7, 11) is 0. The minimum Gasteiger partial charge on any atom is -0.480 e. The number of nitrogens with zero attached hydrogens (tertiary/aromatic N) is 1. The lowest BCUT2D eigenvalue weighted by Crippen LogP contribution is -2.27. The van der Waals surface area contributed by atoms with Gasteiger partial charge in [-0.25, -0.2) is 0 Å². The standard InChI is InChI=1S/C18H36FNO2/c1-3-5-7-9-10-12-14-17(13-11-8-6-4-2)15-20(19)16-18(21)22/h17H,3-16H2,1-2H3,(H,21,22). The lowest BCUT2D eigenvalue weighted by atomic mass is 9.94. The lowest BCUT2D eigenvalue weighted by Gasteiger charge is -2.20. The molecule has 0 saturated heterocycles. The zero-order chi connectivity index (χ0) is 16.6. The van der Waals surface area contributed by atoms with Crippen LogP contribution in [0.1, 0.15) is 90.9 Å². The van der Waals surface area contributed by atoms with Crippen LogP contribution in [-0.4, -0.2) is 29.3 Å². The van der Waals surface area contributed by atoms with Gasteiger partial charge in [0.15, 0.2) is 0 Å². The topological polar surface area (TPSA) is 40.5 Å². The predicted octanol–water partition coefficient (Wildman–Crippen LogP) is 5.59. The molecule has 0 aliphatic carbocycles. The molecule has 0 aliphatic heterocycles. The van der Waals surface area contributed by atoms with Gasteiger partial charge in [-0.2, -0.15) is 0 Å². The second kappa shape index (κ2) is 15.3. The number of aliphatic carboxylic acids is 1. The summed E-state index contributed by atoms with van der Waals surface area (Å²) in [5, 5.41) is 9.13. The van der Waals surface area contributed by atoms with Crippen molar-refractivity contribution in [1.82, 2.24) is 5.12 Å². The van der Waals surface area contributed by atoms with Crippen molar-refractivity contribution in [1.29, 1.82) is 0 Å². The molecule has 4 heteroatoms. The predicted molar refractivity (Wildman–Crippen MR) is 90.6 cm³/mol. The average Bonchev–Trinajstić information content (AvgIpc) is 2.46. The van der Waals surface area contributed by atoms with Crippen molar-refractivity contribution in [3.05, 3.63) is 0 Å². The van der Waals surface area contributed by atoms with Crippen LogP contribution in [0.15, 0.2) is 0 Å². The van der Waals surface area contributed by atoms with Crippen LogP contribution in [0.5, 0.6) is 0 Å². The van der Waals surface area contributed by atoms with E-state index in [-0.39, 0.29) is 6.54 Å². The SMILES string of the molecule is CCCCCCCCC(CCCCCC)CN(F)CC(=O)O. The van der Waals surface area contributed by atoms with Gasteiger partial charge in [-0.3, -0.25) is 4.79 Å². The maximum Gasteiger partial charge on any atom is 0.320 e. The van der Waals surface area contributed by atoms with Gasteiger partial charge in [0.05, 0.1) is 0 Å².